The van der Waals surface area contributed by atoms with Gasteiger partial charge in [-0.05, 0) is 49.6 Å². The zero-order valence-corrected chi connectivity index (χ0v) is 12.2. The van der Waals surface area contributed by atoms with E-state index in [0.29, 0.717) is 16.4 Å². The minimum absolute atomic E-state index is 0.0132. The molecule has 19 heavy (non-hydrogen) atoms. The maximum atomic E-state index is 8.88. The second-order valence-electron chi connectivity index (χ2n) is 3.79. The highest BCUT2D eigenvalue weighted by molar-refractivity contribution is 8.01. The molecule has 0 saturated carbocycles. The number of aromatic nitrogens is 4. The molecule has 9 heteroatoms. The summed E-state index contributed by atoms with van der Waals surface area (Å²) in [6.07, 6.45) is 0. The molecule has 0 bridgehead atoms. The summed E-state index contributed by atoms with van der Waals surface area (Å²) in [5.41, 5.74) is 7.85. The summed E-state index contributed by atoms with van der Waals surface area (Å²) in [6, 6.07) is 0. The Bertz CT molecular complexity index is 639. The normalized spacial score (nSPS) is 11.8. The van der Waals surface area contributed by atoms with Crippen molar-refractivity contribution in [2.24, 2.45) is 10.9 Å². The summed E-state index contributed by atoms with van der Waals surface area (Å²) in [4.78, 5) is 4.24. The molecule has 0 aliphatic carbocycles. The van der Waals surface area contributed by atoms with Gasteiger partial charge in [-0.15, -0.1) is 5.10 Å². The lowest BCUT2D eigenvalue weighted by molar-refractivity contribution is 0.318. The van der Waals surface area contributed by atoms with Crippen molar-refractivity contribution in [2.45, 2.75) is 30.1 Å². The predicted octanol–water partition coefficient (Wildman–Crippen LogP) is 1.50. The van der Waals surface area contributed by atoms with Gasteiger partial charge in [0, 0.05) is 0 Å². The highest BCUT2D eigenvalue weighted by Gasteiger charge is 2.17. The van der Waals surface area contributed by atoms with Gasteiger partial charge in [-0.2, -0.15) is 9.47 Å². The van der Waals surface area contributed by atoms with Gasteiger partial charge < -0.3 is 10.9 Å². The quantitative estimate of drug-likeness (QED) is 0.382. The second-order valence-corrected chi connectivity index (χ2v) is 5.77. The van der Waals surface area contributed by atoms with Crippen LogP contribution < -0.4 is 5.73 Å². The minimum atomic E-state index is 0.0132. The van der Waals surface area contributed by atoms with E-state index in [1.807, 2.05) is 20.8 Å². The van der Waals surface area contributed by atoms with Crippen LogP contribution in [-0.4, -0.2) is 30.6 Å². The van der Waals surface area contributed by atoms with E-state index < -0.39 is 0 Å². The van der Waals surface area contributed by atoms with Crippen molar-refractivity contribution in [2.75, 3.05) is 0 Å². The minimum Gasteiger partial charge on any atom is -0.409 e. The van der Waals surface area contributed by atoms with Crippen LogP contribution >= 0.6 is 23.3 Å². The predicted molar refractivity (Wildman–Crippen MR) is 72.8 cm³/mol. The molecule has 0 aliphatic heterocycles. The average Bonchev–Trinajstić information content (AvgIpc) is 2.79. The smallest absolute Gasteiger partial charge is 0.176 e. The van der Waals surface area contributed by atoms with Crippen molar-refractivity contribution in [3.8, 4) is 0 Å². The zero-order valence-electron chi connectivity index (χ0n) is 10.6. The fourth-order valence-corrected chi connectivity index (χ4v) is 3.12. The van der Waals surface area contributed by atoms with Crippen molar-refractivity contribution in [1.29, 1.82) is 0 Å². The van der Waals surface area contributed by atoms with E-state index in [-0.39, 0.29) is 5.84 Å². The summed E-state index contributed by atoms with van der Waals surface area (Å²) in [7, 11) is 0. The fourth-order valence-electron chi connectivity index (χ4n) is 1.41. The topological polar surface area (TPSA) is 110 Å². The number of nitrogens with zero attached hydrogens (tertiary/aromatic N) is 5. The van der Waals surface area contributed by atoms with Crippen LogP contribution in [0.5, 0.6) is 0 Å². The lowest BCUT2D eigenvalue weighted by atomic mass is 10.1. The molecule has 0 spiro atoms. The van der Waals surface area contributed by atoms with Gasteiger partial charge in [-0.25, -0.2) is 4.98 Å². The van der Waals surface area contributed by atoms with Crippen LogP contribution in [-0.2, 0) is 0 Å². The lowest BCUT2D eigenvalue weighted by Crippen LogP contribution is -2.18. The Hall–Kier alpha value is -1.74. The van der Waals surface area contributed by atoms with Gasteiger partial charge in [-0.3, -0.25) is 0 Å². The average molecular weight is 296 g/mol. The number of amidine groups is 1. The first-order valence-corrected chi connectivity index (χ1v) is 6.92. The van der Waals surface area contributed by atoms with Crippen LogP contribution in [0, 0.1) is 20.8 Å². The van der Waals surface area contributed by atoms with E-state index in [9.17, 15) is 0 Å². The van der Waals surface area contributed by atoms with Crippen molar-refractivity contribution in [1.82, 2.24) is 19.6 Å². The number of nitrogens with two attached hydrogens (primary N) is 1. The molecule has 2 rings (SSSR count). The molecule has 0 aliphatic rings. The van der Waals surface area contributed by atoms with Crippen molar-refractivity contribution in [3.63, 3.8) is 0 Å². The third kappa shape index (κ3) is 2.82. The van der Waals surface area contributed by atoms with Gasteiger partial charge >= 0.3 is 0 Å². The first-order chi connectivity index (χ1) is 9.02. The van der Waals surface area contributed by atoms with Gasteiger partial charge in [0.1, 0.15) is 10.9 Å². The van der Waals surface area contributed by atoms with Crippen LogP contribution in [0.15, 0.2) is 14.5 Å². The summed E-state index contributed by atoms with van der Waals surface area (Å²) in [6.45, 7) is 5.49. The largest absolute Gasteiger partial charge is 0.409 e. The molecule has 0 atom stereocenters. The SMILES string of the molecule is Cc1nsc(Sc2nnc(C)c(C)c2C(N)=NO)n1. The summed E-state index contributed by atoms with van der Waals surface area (Å²) in [5, 5.41) is 20.6. The first kappa shape index (κ1) is 13.7. The van der Waals surface area contributed by atoms with Crippen molar-refractivity contribution in [3.05, 3.63) is 22.6 Å². The van der Waals surface area contributed by atoms with Crippen LogP contribution in [0.4, 0.5) is 0 Å². The first-order valence-electron chi connectivity index (χ1n) is 5.33. The highest BCUT2D eigenvalue weighted by Crippen LogP contribution is 2.31. The maximum absolute atomic E-state index is 8.88. The highest BCUT2D eigenvalue weighted by atomic mass is 32.2. The van der Waals surface area contributed by atoms with E-state index in [0.717, 1.165) is 15.6 Å². The van der Waals surface area contributed by atoms with Crippen molar-refractivity contribution < 1.29 is 5.21 Å². The van der Waals surface area contributed by atoms with E-state index in [1.54, 1.807) is 0 Å². The van der Waals surface area contributed by atoms with Gasteiger partial charge in [0.25, 0.3) is 0 Å². The Labute approximate surface area is 118 Å². The van der Waals surface area contributed by atoms with Gasteiger partial charge in [0.15, 0.2) is 10.2 Å². The summed E-state index contributed by atoms with van der Waals surface area (Å²) < 4.78 is 4.84. The Morgan fingerprint density at radius 2 is 2.05 bits per heavy atom. The molecular formula is C10H12N6OS2. The lowest BCUT2D eigenvalue weighted by Gasteiger charge is -2.09. The molecule has 0 fully saturated rings. The molecule has 2 aromatic rings. The number of rotatable bonds is 3. The molecule has 7 nitrogen and oxygen atoms in total. The van der Waals surface area contributed by atoms with Gasteiger partial charge in [0.2, 0.25) is 0 Å². The van der Waals surface area contributed by atoms with Crippen LogP contribution in [0.1, 0.15) is 22.6 Å². The second kappa shape index (κ2) is 5.49. The molecule has 2 heterocycles. The molecule has 0 radical (unpaired) electrons. The standard InChI is InChI=1S/C10H12N6OS2/c1-4-5(2)13-14-9(7(4)8(11)15-17)18-10-12-6(3)16-19-10/h17H,1-3H3,(H2,11,15). The van der Waals surface area contributed by atoms with E-state index in [1.165, 1.54) is 23.3 Å². The summed E-state index contributed by atoms with van der Waals surface area (Å²) in [5.74, 6) is 0.717. The molecule has 0 amide bonds. The van der Waals surface area contributed by atoms with Crippen LogP contribution in [0.25, 0.3) is 0 Å². The third-order valence-electron chi connectivity index (χ3n) is 2.48. The number of hydrogen-bond donors (Lipinski definition) is 2. The fraction of sp³-hybridized carbons (Fsp3) is 0.300. The molecule has 0 unspecified atom stereocenters. The Balaban J connectivity index is 2.48. The molecular weight excluding hydrogens is 284 g/mol. The molecule has 100 valence electrons. The molecule has 0 saturated heterocycles. The Kier molecular flexibility index (Phi) is 3.96. The molecule has 0 aromatic carbocycles. The van der Waals surface area contributed by atoms with Gasteiger partial charge in [-0.1, -0.05) is 5.16 Å². The molecule has 3 N–H and O–H groups in total. The van der Waals surface area contributed by atoms with E-state index in [4.69, 9.17) is 10.9 Å². The number of aryl methyl sites for hydroxylation is 2. The third-order valence-corrected chi connectivity index (χ3v) is 4.30. The Morgan fingerprint density at radius 3 is 2.63 bits per heavy atom. The van der Waals surface area contributed by atoms with Crippen LogP contribution in [0.2, 0.25) is 0 Å². The number of oxime groups is 1. The zero-order chi connectivity index (χ0) is 14.0. The maximum Gasteiger partial charge on any atom is 0.176 e. The summed E-state index contributed by atoms with van der Waals surface area (Å²) >= 11 is 2.57. The van der Waals surface area contributed by atoms with Crippen LogP contribution in [0.3, 0.4) is 0 Å². The Morgan fingerprint density at radius 1 is 1.32 bits per heavy atom. The number of hydrogen-bond acceptors (Lipinski definition) is 8. The monoisotopic (exact) mass is 296 g/mol. The van der Waals surface area contributed by atoms with E-state index in [2.05, 4.69) is 24.7 Å². The molecule has 2 aromatic heterocycles. The van der Waals surface area contributed by atoms with Gasteiger partial charge in [0.05, 0.1) is 11.3 Å². The van der Waals surface area contributed by atoms with Crippen molar-refractivity contribution >= 4 is 29.1 Å². The van der Waals surface area contributed by atoms with E-state index >= 15 is 0 Å².